The highest BCUT2D eigenvalue weighted by atomic mass is 16.6. The number of piperazine rings is 1. The van der Waals surface area contributed by atoms with Crippen LogP contribution >= 0.6 is 0 Å². The second-order valence-electron chi connectivity index (χ2n) is 8.95. The van der Waals surface area contributed by atoms with Crippen molar-refractivity contribution in [2.45, 2.75) is 13.3 Å². The summed E-state index contributed by atoms with van der Waals surface area (Å²) in [6.45, 7) is 6.36. The molecule has 3 aromatic rings. The van der Waals surface area contributed by atoms with Gasteiger partial charge in [-0.3, -0.25) is 14.9 Å². The zero-order chi connectivity index (χ0) is 24.5. The number of carbonyl (C=O) groups is 1. The summed E-state index contributed by atoms with van der Waals surface area (Å²) >= 11 is 0. The Bertz CT molecular complexity index is 1270. The maximum atomic E-state index is 13.2. The predicted octanol–water partition coefficient (Wildman–Crippen LogP) is 3.39. The number of non-ortho nitro benzene ring substituents is 1. The summed E-state index contributed by atoms with van der Waals surface area (Å²) in [5, 5.41) is 14.4. The lowest BCUT2D eigenvalue weighted by atomic mass is 10.0. The number of aromatic nitrogens is 2. The number of nitrogens with one attached hydrogen (secondary N) is 1. The van der Waals surface area contributed by atoms with E-state index in [4.69, 9.17) is 0 Å². The van der Waals surface area contributed by atoms with Crippen molar-refractivity contribution >= 4 is 34.6 Å². The average Bonchev–Trinajstić information content (AvgIpc) is 2.86. The van der Waals surface area contributed by atoms with E-state index in [1.165, 1.54) is 24.0 Å². The van der Waals surface area contributed by atoms with Gasteiger partial charge >= 0.3 is 0 Å². The molecule has 10 heteroatoms. The van der Waals surface area contributed by atoms with Crippen molar-refractivity contribution in [1.29, 1.82) is 0 Å². The van der Waals surface area contributed by atoms with Gasteiger partial charge in [-0.25, -0.2) is 9.97 Å². The fourth-order valence-corrected chi connectivity index (χ4v) is 4.49. The van der Waals surface area contributed by atoms with Gasteiger partial charge in [-0.05, 0) is 43.8 Å². The molecule has 1 fully saturated rings. The maximum absolute atomic E-state index is 13.2. The van der Waals surface area contributed by atoms with Gasteiger partial charge in [0.05, 0.1) is 21.9 Å². The molecule has 0 radical (unpaired) electrons. The number of rotatable bonds is 5. The third-order valence-corrected chi connectivity index (χ3v) is 6.60. The second kappa shape index (κ2) is 9.30. The molecular formula is C25H27N7O3. The molecule has 0 aliphatic carbocycles. The molecule has 2 aliphatic rings. The molecule has 1 amide bonds. The molecule has 0 bridgehead atoms. The Morgan fingerprint density at radius 3 is 2.49 bits per heavy atom. The zero-order valence-corrected chi connectivity index (χ0v) is 19.8. The number of hydrogen-bond donors (Lipinski definition) is 1. The van der Waals surface area contributed by atoms with Gasteiger partial charge in [-0.15, -0.1) is 0 Å². The first-order valence-corrected chi connectivity index (χ1v) is 11.6. The fourth-order valence-electron chi connectivity index (χ4n) is 4.49. The van der Waals surface area contributed by atoms with E-state index in [0.717, 1.165) is 37.4 Å². The first kappa shape index (κ1) is 22.7. The van der Waals surface area contributed by atoms with Crippen molar-refractivity contribution in [2.24, 2.45) is 0 Å². The van der Waals surface area contributed by atoms with E-state index < -0.39 is 4.92 Å². The summed E-state index contributed by atoms with van der Waals surface area (Å²) in [4.78, 5) is 39.1. The van der Waals surface area contributed by atoms with Crippen LogP contribution in [0.5, 0.6) is 0 Å². The summed E-state index contributed by atoms with van der Waals surface area (Å²) in [6, 6.07) is 12.8. The van der Waals surface area contributed by atoms with Crippen LogP contribution in [0, 0.1) is 17.0 Å². The van der Waals surface area contributed by atoms with Crippen LogP contribution in [0.2, 0.25) is 0 Å². The van der Waals surface area contributed by atoms with Crippen LogP contribution in [0.15, 0.2) is 48.7 Å². The number of fused-ring (bicyclic) bond motifs is 1. The molecule has 180 valence electrons. The van der Waals surface area contributed by atoms with E-state index in [0.29, 0.717) is 35.9 Å². The van der Waals surface area contributed by atoms with Gasteiger partial charge in [0.2, 0.25) is 5.95 Å². The Hall–Kier alpha value is -4.05. The van der Waals surface area contributed by atoms with Gasteiger partial charge in [0, 0.05) is 68.8 Å². The van der Waals surface area contributed by atoms with Gasteiger partial charge in [0.15, 0.2) is 0 Å². The topological polar surface area (TPSA) is 108 Å². The number of likely N-dealkylation sites (N-methyl/N-ethyl adjacent to an activating group) is 1. The lowest BCUT2D eigenvalue weighted by Gasteiger charge is -2.34. The van der Waals surface area contributed by atoms with Crippen LogP contribution in [-0.4, -0.2) is 65.5 Å². The van der Waals surface area contributed by atoms with Crippen molar-refractivity contribution in [2.75, 3.05) is 54.9 Å². The van der Waals surface area contributed by atoms with Crippen LogP contribution in [0.25, 0.3) is 0 Å². The summed E-state index contributed by atoms with van der Waals surface area (Å²) in [5.41, 5.74) is 4.44. The van der Waals surface area contributed by atoms with Crippen LogP contribution in [0.4, 0.5) is 28.7 Å². The van der Waals surface area contributed by atoms with E-state index in [1.54, 1.807) is 11.0 Å². The number of nitro benzene ring substituents is 1. The van der Waals surface area contributed by atoms with Gasteiger partial charge in [0.25, 0.3) is 11.6 Å². The number of nitrogens with zero attached hydrogens (tertiary/aromatic N) is 6. The van der Waals surface area contributed by atoms with Crippen LogP contribution in [0.3, 0.4) is 0 Å². The molecule has 1 N–H and O–H groups in total. The number of aryl methyl sites for hydroxylation is 1. The smallest absolute Gasteiger partial charge is 0.271 e. The quantitative estimate of drug-likeness (QED) is 0.444. The minimum atomic E-state index is -0.454. The number of nitro groups is 1. The lowest BCUT2D eigenvalue weighted by molar-refractivity contribution is -0.384. The zero-order valence-electron chi connectivity index (χ0n) is 19.8. The number of anilines is 4. The van der Waals surface area contributed by atoms with E-state index in [2.05, 4.69) is 44.3 Å². The molecule has 0 unspecified atom stereocenters. The Morgan fingerprint density at radius 2 is 1.77 bits per heavy atom. The highest BCUT2D eigenvalue weighted by molar-refractivity contribution is 6.08. The van der Waals surface area contributed by atoms with E-state index >= 15 is 0 Å². The molecule has 2 aromatic carbocycles. The number of carbonyl (C=O) groups excluding carboxylic acids is 1. The number of amides is 1. The Morgan fingerprint density at radius 1 is 1.03 bits per heavy atom. The Balaban J connectivity index is 1.30. The lowest BCUT2D eigenvalue weighted by Crippen LogP contribution is -2.44. The second-order valence-corrected chi connectivity index (χ2v) is 8.95. The van der Waals surface area contributed by atoms with Crippen molar-refractivity contribution in [3.05, 3.63) is 75.6 Å². The Labute approximate surface area is 203 Å². The Kier molecular flexibility index (Phi) is 6.04. The fraction of sp³-hybridized carbons (Fsp3) is 0.320. The predicted molar refractivity (Wildman–Crippen MR) is 135 cm³/mol. The molecule has 3 heterocycles. The minimum absolute atomic E-state index is 0.0429. The summed E-state index contributed by atoms with van der Waals surface area (Å²) < 4.78 is 0. The minimum Gasteiger partial charge on any atom is -0.369 e. The maximum Gasteiger partial charge on any atom is 0.271 e. The highest BCUT2D eigenvalue weighted by Crippen LogP contribution is 2.30. The first-order chi connectivity index (χ1) is 16.9. The van der Waals surface area contributed by atoms with Crippen LogP contribution < -0.4 is 15.1 Å². The normalized spacial score (nSPS) is 16.2. The van der Waals surface area contributed by atoms with Gasteiger partial charge < -0.3 is 20.0 Å². The van der Waals surface area contributed by atoms with Gasteiger partial charge in [0.1, 0.15) is 0 Å². The number of benzene rings is 2. The molecule has 1 aromatic heterocycles. The molecule has 2 aliphatic heterocycles. The van der Waals surface area contributed by atoms with Crippen molar-refractivity contribution < 1.29 is 9.72 Å². The molecule has 5 rings (SSSR count). The third kappa shape index (κ3) is 4.65. The number of hydrogen-bond acceptors (Lipinski definition) is 8. The average molecular weight is 474 g/mol. The van der Waals surface area contributed by atoms with Crippen molar-refractivity contribution in [3.8, 4) is 0 Å². The summed E-state index contributed by atoms with van der Waals surface area (Å²) in [7, 11) is 2.14. The molecular weight excluding hydrogens is 446 g/mol. The van der Waals surface area contributed by atoms with E-state index in [-0.39, 0.29) is 11.6 Å². The van der Waals surface area contributed by atoms with Crippen LogP contribution in [0.1, 0.15) is 21.6 Å². The van der Waals surface area contributed by atoms with Gasteiger partial charge in [-0.2, -0.15) is 0 Å². The molecule has 0 saturated carbocycles. The monoisotopic (exact) mass is 473 g/mol. The van der Waals surface area contributed by atoms with Crippen molar-refractivity contribution in [3.63, 3.8) is 0 Å². The van der Waals surface area contributed by atoms with E-state index in [1.807, 2.05) is 19.1 Å². The van der Waals surface area contributed by atoms with E-state index in [9.17, 15) is 14.9 Å². The molecule has 1 saturated heterocycles. The first-order valence-electron chi connectivity index (χ1n) is 11.6. The van der Waals surface area contributed by atoms with Crippen molar-refractivity contribution in [1.82, 2.24) is 14.9 Å². The van der Waals surface area contributed by atoms with Crippen LogP contribution in [-0.2, 0) is 6.42 Å². The molecule has 10 nitrogen and oxygen atoms in total. The standard InChI is InChI=1S/C25H27N7O3/c1-17-3-6-20(32(34)35)15-23(17)31-10-9-22-21(24(31)33)16-26-25(28-22)27-18-4-7-19(8-5-18)30-13-11-29(2)12-14-30/h3-8,15-16H,9-14H2,1-2H3,(H,26,27,28). The molecule has 0 spiro atoms. The molecule has 0 atom stereocenters. The summed E-state index contributed by atoms with van der Waals surface area (Å²) in [5.74, 6) is 0.182. The SMILES string of the molecule is Cc1ccc([N+](=O)[O-])cc1N1CCc2nc(Nc3ccc(N4CCN(C)CC4)cc3)ncc2C1=O. The van der Waals surface area contributed by atoms with Gasteiger partial charge in [-0.1, -0.05) is 6.07 Å². The largest absolute Gasteiger partial charge is 0.369 e. The molecule has 35 heavy (non-hydrogen) atoms. The summed E-state index contributed by atoms with van der Waals surface area (Å²) in [6.07, 6.45) is 2.06. The highest BCUT2D eigenvalue weighted by Gasteiger charge is 2.29. The third-order valence-electron chi connectivity index (χ3n) is 6.60.